The number of benzene rings is 6. The Balaban J connectivity index is 1.16. The second kappa shape index (κ2) is 15.0. The summed E-state index contributed by atoms with van der Waals surface area (Å²) in [7, 11) is 0. The minimum absolute atomic E-state index is 0.111. The lowest BCUT2D eigenvalue weighted by Gasteiger charge is -2.28. The summed E-state index contributed by atoms with van der Waals surface area (Å²) in [4.78, 5) is 34.4. The molecule has 5 heteroatoms. The number of hydrogen-bond acceptors (Lipinski definition) is 4. The molecule has 8 rings (SSSR count). The van der Waals surface area contributed by atoms with Crippen molar-refractivity contribution in [2.75, 3.05) is 16.3 Å². The highest BCUT2D eigenvalue weighted by Crippen LogP contribution is 2.48. The number of hydrogen-bond donors (Lipinski definition) is 0. The SMILES string of the molecule is CCCCN1C(=O)C2C(c3ccc(N(c4ccccc4)c4ccccc4)cc3)=CC=C(c3ccc(N(c4ccccc4)c4ccccc4)cc3)C2C1=O. The molecule has 260 valence electrons. The molecule has 0 saturated carbocycles. The van der Waals surface area contributed by atoms with E-state index in [1.54, 1.807) is 0 Å². The van der Waals surface area contributed by atoms with Crippen molar-refractivity contribution in [2.45, 2.75) is 19.8 Å². The molecule has 6 aromatic carbocycles. The van der Waals surface area contributed by atoms with Crippen LogP contribution in [0, 0.1) is 11.8 Å². The van der Waals surface area contributed by atoms with Gasteiger partial charge in [-0.1, -0.05) is 123 Å². The number of imide groups is 1. The Morgan fingerprint density at radius 3 is 1.04 bits per heavy atom. The van der Waals surface area contributed by atoms with Gasteiger partial charge in [-0.3, -0.25) is 14.5 Å². The third-order valence-electron chi connectivity index (χ3n) is 10.2. The summed E-state index contributed by atoms with van der Waals surface area (Å²) in [5.41, 5.74) is 9.88. The van der Waals surface area contributed by atoms with E-state index in [4.69, 9.17) is 0 Å². The molecule has 6 aromatic rings. The molecule has 0 bridgehead atoms. The number of para-hydroxylation sites is 4. The maximum absolute atomic E-state index is 14.2. The number of allylic oxidation sites excluding steroid dienone is 2. The van der Waals surface area contributed by atoms with Crippen LogP contribution in [-0.4, -0.2) is 23.3 Å². The fourth-order valence-electron chi connectivity index (χ4n) is 7.64. The Labute approximate surface area is 311 Å². The Bertz CT molecular complexity index is 2010. The quantitative estimate of drug-likeness (QED) is 0.127. The Morgan fingerprint density at radius 2 is 0.736 bits per heavy atom. The van der Waals surface area contributed by atoms with E-state index >= 15 is 0 Å². The van der Waals surface area contributed by atoms with Gasteiger partial charge in [0.15, 0.2) is 0 Å². The van der Waals surface area contributed by atoms with Gasteiger partial charge < -0.3 is 9.80 Å². The van der Waals surface area contributed by atoms with Gasteiger partial charge in [0.25, 0.3) is 0 Å². The summed E-state index contributed by atoms with van der Waals surface area (Å²) in [5.74, 6) is -1.40. The van der Waals surface area contributed by atoms with E-state index in [1.807, 2.05) is 72.8 Å². The first-order chi connectivity index (χ1) is 26.1. The first kappa shape index (κ1) is 33.7. The van der Waals surface area contributed by atoms with Gasteiger partial charge in [-0.15, -0.1) is 0 Å². The van der Waals surface area contributed by atoms with Crippen LogP contribution in [0.25, 0.3) is 11.1 Å². The molecule has 2 atom stereocenters. The lowest BCUT2D eigenvalue weighted by Crippen LogP contribution is -2.32. The van der Waals surface area contributed by atoms with Crippen LogP contribution in [0.4, 0.5) is 34.1 Å². The Hall–Kier alpha value is -6.46. The fraction of sp³-hybridized carbons (Fsp3) is 0.125. The summed E-state index contributed by atoms with van der Waals surface area (Å²) < 4.78 is 0. The van der Waals surface area contributed by atoms with Gasteiger partial charge in [-0.25, -0.2) is 0 Å². The molecule has 0 aromatic heterocycles. The van der Waals surface area contributed by atoms with Gasteiger partial charge in [0.2, 0.25) is 11.8 Å². The Kier molecular flexibility index (Phi) is 9.55. The highest BCUT2D eigenvalue weighted by atomic mass is 16.2. The van der Waals surface area contributed by atoms with E-state index in [0.717, 1.165) is 69.2 Å². The van der Waals surface area contributed by atoms with Crippen molar-refractivity contribution < 1.29 is 9.59 Å². The molecule has 1 aliphatic carbocycles. The third kappa shape index (κ3) is 6.58. The molecule has 5 nitrogen and oxygen atoms in total. The monoisotopic (exact) mass is 691 g/mol. The van der Waals surface area contributed by atoms with Crippen molar-refractivity contribution in [1.82, 2.24) is 4.90 Å². The summed E-state index contributed by atoms with van der Waals surface area (Å²) in [6.45, 7) is 2.52. The summed E-state index contributed by atoms with van der Waals surface area (Å²) >= 11 is 0. The number of fused-ring (bicyclic) bond motifs is 1. The normalized spacial score (nSPS) is 16.5. The number of carbonyl (C=O) groups excluding carboxylic acids is 2. The lowest BCUT2D eigenvalue weighted by molar-refractivity contribution is -0.139. The zero-order valence-electron chi connectivity index (χ0n) is 29.8. The van der Waals surface area contributed by atoms with Crippen LogP contribution >= 0.6 is 0 Å². The maximum Gasteiger partial charge on any atom is 0.237 e. The second-order valence-electron chi connectivity index (χ2n) is 13.5. The lowest BCUT2D eigenvalue weighted by atomic mass is 9.74. The smallest absolute Gasteiger partial charge is 0.237 e. The van der Waals surface area contributed by atoms with Crippen molar-refractivity contribution in [1.29, 1.82) is 0 Å². The van der Waals surface area contributed by atoms with Gasteiger partial charge in [0.1, 0.15) is 0 Å². The first-order valence-corrected chi connectivity index (χ1v) is 18.4. The molecule has 2 amide bonds. The number of amides is 2. The first-order valence-electron chi connectivity index (χ1n) is 18.4. The molecule has 1 aliphatic heterocycles. The van der Waals surface area contributed by atoms with Gasteiger partial charge in [-0.2, -0.15) is 0 Å². The van der Waals surface area contributed by atoms with E-state index in [1.165, 1.54) is 4.90 Å². The highest BCUT2D eigenvalue weighted by molar-refractivity contribution is 6.16. The van der Waals surface area contributed by atoms with Crippen molar-refractivity contribution in [3.63, 3.8) is 0 Å². The predicted molar refractivity (Wildman–Crippen MR) is 217 cm³/mol. The molecular formula is C48H41N3O2. The average Bonchev–Trinajstić information content (AvgIpc) is 3.47. The van der Waals surface area contributed by atoms with Crippen LogP contribution in [0.5, 0.6) is 0 Å². The van der Waals surface area contributed by atoms with Crippen molar-refractivity contribution in [2.24, 2.45) is 11.8 Å². The second-order valence-corrected chi connectivity index (χ2v) is 13.5. The van der Waals surface area contributed by atoms with Crippen LogP contribution in [0.3, 0.4) is 0 Å². The number of rotatable bonds is 11. The molecule has 2 unspecified atom stereocenters. The number of anilines is 6. The molecule has 1 saturated heterocycles. The van der Waals surface area contributed by atoms with Crippen molar-refractivity contribution >= 4 is 57.1 Å². The molecule has 0 N–H and O–H groups in total. The molecule has 0 radical (unpaired) electrons. The summed E-state index contributed by atoms with van der Waals surface area (Å²) in [5, 5.41) is 0. The van der Waals surface area contributed by atoms with Gasteiger partial charge >= 0.3 is 0 Å². The van der Waals surface area contributed by atoms with Crippen LogP contribution < -0.4 is 9.80 Å². The highest BCUT2D eigenvalue weighted by Gasteiger charge is 2.51. The molecular weight excluding hydrogens is 651 g/mol. The number of nitrogens with zero attached hydrogens (tertiary/aromatic N) is 3. The summed E-state index contributed by atoms with van der Waals surface area (Å²) in [6.07, 6.45) is 5.79. The van der Waals surface area contributed by atoms with E-state index < -0.39 is 11.8 Å². The minimum Gasteiger partial charge on any atom is -0.311 e. The van der Waals surface area contributed by atoms with E-state index in [9.17, 15) is 9.59 Å². The van der Waals surface area contributed by atoms with Crippen LogP contribution in [0.15, 0.2) is 182 Å². The third-order valence-corrected chi connectivity index (χ3v) is 10.2. The number of carbonyl (C=O) groups is 2. The largest absolute Gasteiger partial charge is 0.311 e. The standard InChI is InChI=1S/C48H41N3O2/c1-2-3-34-49-47(52)45-43(35-24-28-41(29-25-35)50(37-16-8-4-9-17-37)38-18-10-5-11-19-38)32-33-44(46(45)48(49)53)36-26-30-42(31-27-36)51(39-20-12-6-13-21-39)40-22-14-7-15-23-40/h4-33,45-46H,2-3,34H2,1H3. The molecule has 1 heterocycles. The predicted octanol–water partition coefficient (Wildman–Crippen LogP) is 11.5. The van der Waals surface area contributed by atoms with Gasteiger partial charge in [-0.05, 0) is 101 Å². The van der Waals surface area contributed by atoms with Crippen molar-refractivity contribution in [3.8, 4) is 0 Å². The zero-order valence-corrected chi connectivity index (χ0v) is 29.8. The van der Waals surface area contributed by atoms with E-state index in [2.05, 4.69) is 126 Å². The minimum atomic E-state index is -0.589. The van der Waals surface area contributed by atoms with Crippen molar-refractivity contribution in [3.05, 3.63) is 193 Å². The molecule has 0 spiro atoms. The van der Waals surface area contributed by atoms with E-state index in [0.29, 0.717) is 6.54 Å². The summed E-state index contributed by atoms with van der Waals surface area (Å²) in [6, 6.07) is 57.9. The van der Waals surface area contributed by atoms with Crippen LogP contribution in [0.1, 0.15) is 30.9 Å². The Morgan fingerprint density at radius 1 is 0.434 bits per heavy atom. The zero-order chi connectivity index (χ0) is 36.1. The molecule has 53 heavy (non-hydrogen) atoms. The van der Waals surface area contributed by atoms with Gasteiger partial charge in [0, 0.05) is 40.7 Å². The topological polar surface area (TPSA) is 43.9 Å². The van der Waals surface area contributed by atoms with Gasteiger partial charge in [0.05, 0.1) is 11.8 Å². The van der Waals surface area contributed by atoms with E-state index in [-0.39, 0.29) is 11.8 Å². The average molecular weight is 692 g/mol. The fourth-order valence-corrected chi connectivity index (χ4v) is 7.64. The maximum atomic E-state index is 14.2. The van der Waals surface area contributed by atoms with Crippen LogP contribution in [0.2, 0.25) is 0 Å². The molecule has 2 aliphatic rings. The number of unbranched alkanes of at least 4 members (excludes halogenated alkanes) is 1. The molecule has 1 fully saturated rings. The number of likely N-dealkylation sites (tertiary alicyclic amines) is 1. The van der Waals surface area contributed by atoms with Crippen LogP contribution in [-0.2, 0) is 9.59 Å².